The maximum atomic E-state index is 5.89. The quantitative estimate of drug-likeness (QED) is 0.765. The van der Waals surface area contributed by atoms with Crippen LogP contribution in [0.1, 0.15) is 18.4 Å². The van der Waals surface area contributed by atoms with Gasteiger partial charge in [0.15, 0.2) is 0 Å². The number of rotatable bonds is 5. The van der Waals surface area contributed by atoms with Crippen molar-refractivity contribution in [2.75, 3.05) is 13.6 Å². The molecule has 0 aliphatic carbocycles. The molecule has 0 spiro atoms. The van der Waals surface area contributed by atoms with Gasteiger partial charge in [-0.15, -0.1) is 0 Å². The molecule has 1 aromatic carbocycles. The number of unbranched alkanes of at least 4 members (excludes halogenated alkanes) is 1. The number of hydrogen-bond acceptors (Lipinski definition) is 1. The minimum Gasteiger partial charge on any atom is -0.320 e. The SMILES string of the molecule is CNCCCCc1cc(Cl)cc(Cl)c1. The van der Waals surface area contributed by atoms with Crippen LogP contribution in [0.15, 0.2) is 18.2 Å². The summed E-state index contributed by atoms with van der Waals surface area (Å²) in [6, 6.07) is 5.72. The molecule has 0 bridgehead atoms. The van der Waals surface area contributed by atoms with Gasteiger partial charge in [-0.1, -0.05) is 23.2 Å². The number of halogens is 2. The lowest BCUT2D eigenvalue weighted by molar-refractivity contribution is 0.677. The molecule has 0 heterocycles. The smallest absolute Gasteiger partial charge is 0.0423 e. The number of nitrogens with one attached hydrogen (secondary N) is 1. The van der Waals surface area contributed by atoms with Gasteiger partial charge in [-0.05, 0) is 56.6 Å². The molecule has 78 valence electrons. The molecule has 0 saturated heterocycles. The number of hydrogen-bond donors (Lipinski definition) is 1. The van der Waals surface area contributed by atoms with E-state index in [-0.39, 0.29) is 0 Å². The second-order valence-electron chi connectivity index (χ2n) is 3.34. The first-order valence-corrected chi connectivity index (χ1v) is 5.57. The summed E-state index contributed by atoms with van der Waals surface area (Å²) in [6.45, 7) is 1.06. The van der Waals surface area contributed by atoms with Crippen molar-refractivity contribution < 1.29 is 0 Å². The van der Waals surface area contributed by atoms with Crippen molar-refractivity contribution in [3.63, 3.8) is 0 Å². The first-order chi connectivity index (χ1) is 6.72. The molecule has 0 aliphatic heterocycles. The fraction of sp³-hybridized carbons (Fsp3) is 0.455. The lowest BCUT2D eigenvalue weighted by Gasteiger charge is -2.03. The van der Waals surface area contributed by atoms with E-state index in [4.69, 9.17) is 23.2 Å². The lowest BCUT2D eigenvalue weighted by Crippen LogP contribution is -2.07. The molecule has 0 aromatic heterocycles. The Morgan fingerprint density at radius 2 is 1.71 bits per heavy atom. The summed E-state index contributed by atoms with van der Waals surface area (Å²) in [6.07, 6.45) is 3.39. The predicted octanol–water partition coefficient (Wildman–Crippen LogP) is 3.54. The van der Waals surface area contributed by atoms with Gasteiger partial charge in [-0.3, -0.25) is 0 Å². The molecule has 0 unspecified atom stereocenters. The predicted molar refractivity (Wildman–Crippen MR) is 63.3 cm³/mol. The normalized spacial score (nSPS) is 10.5. The molecule has 1 nitrogen and oxygen atoms in total. The Morgan fingerprint density at radius 1 is 1.07 bits per heavy atom. The number of benzene rings is 1. The Balaban J connectivity index is 2.42. The van der Waals surface area contributed by atoms with E-state index in [1.165, 1.54) is 12.0 Å². The topological polar surface area (TPSA) is 12.0 Å². The van der Waals surface area contributed by atoms with E-state index in [1.807, 2.05) is 19.2 Å². The van der Waals surface area contributed by atoms with Crippen LogP contribution in [0.3, 0.4) is 0 Å². The third-order valence-electron chi connectivity index (χ3n) is 2.06. The van der Waals surface area contributed by atoms with Gasteiger partial charge in [-0.25, -0.2) is 0 Å². The third kappa shape index (κ3) is 4.32. The van der Waals surface area contributed by atoms with Crippen molar-refractivity contribution in [2.45, 2.75) is 19.3 Å². The van der Waals surface area contributed by atoms with Gasteiger partial charge >= 0.3 is 0 Å². The fourth-order valence-corrected chi connectivity index (χ4v) is 1.96. The van der Waals surface area contributed by atoms with Crippen LogP contribution in [0.5, 0.6) is 0 Å². The van der Waals surface area contributed by atoms with Crippen LogP contribution in [0.4, 0.5) is 0 Å². The monoisotopic (exact) mass is 231 g/mol. The van der Waals surface area contributed by atoms with Crippen LogP contribution >= 0.6 is 23.2 Å². The molecule has 14 heavy (non-hydrogen) atoms. The summed E-state index contributed by atoms with van der Waals surface area (Å²) in [5, 5.41) is 4.57. The molecule has 3 heteroatoms. The van der Waals surface area contributed by atoms with Crippen LogP contribution in [-0.4, -0.2) is 13.6 Å². The van der Waals surface area contributed by atoms with E-state index in [9.17, 15) is 0 Å². The Kier molecular flexibility index (Phi) is 5.31. The van der Waals surface area contributed by atoms with Gasteiger partial charge in [-0.2, -0.15) is 0 Å². The second-order valence-corrected chi connectivity index (χ2v) is 4.21. The Hall–Kier alpha value is -0.240. The van der Waals surface area contributed by atoms with Crippen molar-refractivity contribution in [1.82, 2.24) is 5.32 Å². The summed E-state index contributed by atoms with van der Waals surface area (Å²) in [7, 11) is 1.97. The first kappa shape index (κ1) is 11.8. The van der Waals surface area contributed by atoms with Crippen molar-refractivity contribution in [1.29, 1.82) is 0 Å². The van der Waals surface area contributed by atoms with E-state index in [0.717, 1.165) is 29.4 Å². The maximum Gasteiger partial charge on any atom is 0.0423 e. The second kappa shape index (κ2) is 6.28. The van der Waals surface area contributed by atoms with E-state index < -0.39 is 0 Å². The summed E-state index contributed by atoms with van der Waals surface area (Å²) in [4.78, 5) is 0. The van der Waals surface area contributed by atoms with E-state index in [0.29, 0.717) is 0 Å². The van der Waals surface area contributed by atoms with Crippen LogP contribution < -0.4 is 5.32 Å². The van der Waals surface area contributed by atoms with Gasteiger partial charge in [0.05, 0.1) is 0 Å². The van der Waals surface area contributed by atoms with Gasteiger partial charge in [0.2, 0.25) is 0 Å². The van der Waals surface area contributed by atoms with Crippen LogP contribution in [0.2, 0.25) is 10.0 Å². The molecule has 1 rings (SSSR count). The molecular formula is C11H15Cl2N. The van der Waals surface area contributed by atoms with Crippen molar-refractivity contribution in [3.05, 3.63) is 33.8 Å². The van der Waals surface area contributed by atoms with Gasteiger partial charge < -0.3 is 5.32 Å². The average molecular weight is 232 g/mol. The fourth-order valence-electron chi connectivity index (χ4n) is 1.39. The molecule has 1 aromatic rings. The molecule has 0 fully saturated rings. The Labute approximate surface area is 95.4 Å². The zero-order chi connectivity index (χ0) is 10.4. The standard InChI is InChI=1S/C11H15Cl2N/c1-14-5-3-2-4-9-6-10(12)8-11(13)7-9/h6-8,14H,2-5H2,1H3. The third-order valence-corrected chi connectivity index (χ3v) is 2.50. The highest BCUT2D eigenvalue weighted by Gasteiger charge is 1.98. The van der Waals surface area contributed by atoms with Crippen LogP contribution in [0.25, 0.3) is 0 Å². The molecule has 1 N–H and O–H groups in total. The van der Waals surface area contributed by atoms with E-state index >= 15 is 0 Å². The summed E-state index contributed by atoms with van der Waals surface area (Å²) < 4.78 is 0. The molecule has 0 radical (unpaired) electrons. The van der Waals surface area contributed by atoms with E-state index in [2.05, 4.69) is 5.32 Å². The van der Waals surface area contributed by atoms with Crippen molar-refractivity contribution in [2.24, 2.45) is 0 Å². The van der Waals surface area contributed by atoms with Crippen molar-refractivity contribution >= 4 is 23.2 Å². The highest BCUT2D eigenvalue weighted by molar-refractivity contribution is 6.34. The Bertz CT molecular complexity index is 266. The Morgan fingerprint density at radius 3 is 2.29 bits per heavy atom. The zero-order valence-corrected chi connectivity index (χ0v) is 9.83. The largest absolute Gasteiger partial charge is 0.320 e. The highest BCUT2D eigenvalue weighted by atomic mass is 35.5. The molecule has 0 aliphatic rings. The molecule has 0 atom stereocenters. The highest BCUT2D eigenvalue weighted by Crippen LogP contribution is 2.20. The van der Waals surface area contributed by atoms with Gasteiger partial charge in [0, 0.05) is 10.0 Å². The average Bonchev–Trinajstić information content (AvgIpc) is 2.11. The molecule has 0 saturated carbocycles. The van der Waals surface area contributed by atoms with Crippen LogP contribution in [0, 0.1) is 0 Å². The van der Waals surface area contributed by atoms with Crippen molar-refractivity contribution in [3.8, 4) is 0 Å². The first-order valence-electron chi connectivity index (χ1n) is 4.82. The lowest BCUT2D eigenvalue weighted by atomic mass is 10.1. The van der Waals surface area contributed by atoms with Gasteiger partial charge in [0.1, 0.15) is 0 Å². The minimum atomic E-state index is 0.723. The van der Waals surface area contributed by atoms with E-state index in [1.54, 1.807) is 6.07 Å². The maximum absolute atomic E-state index is 5.89. The molecular weight excluding hydrogens is 217 g/mol. The summed E-state index contributed by atoms with van der Waals surface area (Å²) >= 11 is 11.8. The minimum absolute atomic E-state index is 0.723. The summed E-state index contributed by atoms with van der Waals surface area (Å²) in [5.74, 6) is 0. The van der Waals surface area contributed by atoms with Crippen LogP contribution in [-0.2, 0) is 6.42 Å². The zero-order valence-electron chi connectivity index (χ0n) is 8.32. The number of aryl methyl sites for hydroxylation is 1. The molecule has 0 amide bonds. The summed E-state index contributed by atoms with van der Waals surface area (Å²) in [5.41, 5.74) is 1.22. The van der Waals surface area contributed by atoms with Gasteiger partial charge in [0.25, 0.3) is 0 Å².